The van der Waals surface area contributed by atoms with Crippen LogP contribution >= 0.6 is 0 Å². The molecule has 0 heterocycles. The largest absolute Gasteiger partial charge is 0.481 e. The number of ether oxygens (including phenoxy) is 1. The van der Waals surface area contributed by atoms with E-state index in [9.17, 15) is 4.79 Å². The highest BCUT2D eigenvalue weighted by atomic mass is 16.5. The number of carboxylic acid groups (broad SMARTS) is 1. The molecule has 3 N–H and O–H groups in total. The summed E-state index contributed by atoms with van der Waals surface area (Å²) in [5.41, 5.74) is 5.04. The van der Waals surface area contributed by atoms with E-state index in [1.54, 1.807) is 6.08 Å². The van der Waals surface area contributed by atoms with Gasteiger partial charge in [-0.25, -0.2) is 0 Å². The van der Waals surface area contributed by atoms with Crippen LogP contribution in [0.15, 0.2) is 12.7 Å². The Morgan fingerprint density at radius 3 is 2.77 bits per heavy atom. The zero-order valence-corrected chi connectivity index (χ0v) is 7.95. The van der Waals surface area contributed by atoms with Crippen LogP contribution in [0.2, 0.25) is 0 Å². The minimum Gasteiger partial charge on any atom is -0.481 e. The van der Waals surface area contributed by atoms with Crippen LogP contribution in [0.5, 0.6) is 0 Å². The number of hydrogen-bond donors (Lipinski definition) is 2. The molecule has 0 aromatic carbocycles. The van der Waals surface area contributed by atoms with Gasteiger partial charge in [0, 0.05) is 5.54 Å². The molecule has 0 rings (SSSR count). The lowest BCUT2D eigenvalue weighted by Crippen LogP contribution is -2.45. The lowest BCUT2D eigenvalue weighted by molar-refractivity contribution is -0.139. The Labute approximate surface area is 78.4 Å². The SMILES string of the molecule is C=CCOCC(N)(CC)CC(=O)O. The van der Waals surface area contributed by atoms with Gasteiger partial charge in [0.1, 0.15) is 0 Å². The van der Waals surface area contributed by atoms with E-state index in [-0.39, 0.29) is 13.0 Å². The first kappa shape index (κ1) is 12.1. The molecule has 76 valence electrons. The zero-order valence-electron chi connectivity index (χ0n) is 7.95. The monoisotopic (exact) mass is 187 g/mol. The molecule has 0 aliphatic heterocycles. The first-order valence-corrected chi connectivity index (χ1v) is 4.23. The Morgan fingerprint density at radius 1 is 1.77 bits per heavy atom. The van der Waals surface area contributed by atoms with E-state index in [0.717, 1.165) is 0 Å². The topological polar surface area (TPSA) is 72.5 Å². The van der Waals surface area contributed by atoms with Crippen molar-refractivity contribution in [3.63, 3.8) is 0 Å². The van der Waals surface area contributed by atoms with E-state index >= 15 is 0 Å². The number of carbonyl (C=O) groups is 1. The highest BCUT2D eigenvalue weighted by molar-refractivity contribution is 5.68. The van der Waals surface area contributed by atoms with Crippen molar-refractivity contribution in [2.75, 3.05) is 13.2 Å². The molecule has 0 radical (unpaired) electrons. The predicted molar refractivity (Wildman–Crippen MR) is 50.5 cm³/mol. The van der Waals surface area contributed by atoms with Crippen LogP contribution in [0.1, 0.15) is 19.8 Å². The van der Waals surface area contributed by atoms with Crippen LogP contribution in [0.3, 0.4) is 0 Å². The van der Waals surface area contributed by atoms with Crippen molar-refractivity contribution in [2.24, 2.45) is 5.73 Å². The Kier molecular flexibility index (Phi) is 5.34. The highest BCUT2D eigenvalue weighted by Crippen LogP contribution is 2.12. The maximum atomic E-state index is 10.5. The van der Waals surface area contributed by atoms with Crippen molar-refractivity contribution in [1.29, 1.82) is 0 Å². The summed E-state index contributed by atoms with van der Waals surface area (Å²) in [4.78, 5) is 10.5. The van der Waals surface area contributed by atoms with Crippen LogP contribution in [0.25, 0.3) is 0 Å². The standard InChI is InChI=1S/C9H17NO3/c1-3-5-13-7-9(10,4-2)6-8(11)12/h3H,1,4-7,10H2,2H3,(H,11,12). The summed E-state index contributed by atoms with van der Waals surface area (Å²) < 4.78 is 5.13. The van der Waals surface area contributed by atoms with Gasteiger partial charge < -0.3 is 15.6 Å². The average Bonchev–Trinajstić information content (AvgIpc) is 2.04. The summed E-state index contributed by atoms with van der Waals surface area (Å²) in [6.07, 6.45) is 2.12. The molecule has 13 heavy (non-hydrogen) atoms. The Balaban J connectivity index is 3.95. The molecule has 0 aliphatic rings. The van der Waals surface area contributed by atoms with Crippen molar-refractivity contribution in [3.8, 4) is 0 Å². The maximum Gasteiger partial charge on any atom is 0.305 e. The fourth-order valence-corrected chi connectivity index (χ4v) is 0.925. The minimum absolute atomic E-state index is 0.0688. The summed E-state index contributed by atoms with van der Waals surface area (Å²) in [6, 6.07) is 0. The second-order valence-electron chi connectivity index (χ2n) is 3.09. The third-order valence-corrected chi connectivity index (χ3v) is 1.83. The molecule has 0 aliphatic carbocycles. The van der Waals surface area contributed by atoms with Crippen LogP contribution in [0, 0.1) is 0 Å². The molecular formula is C9H17NO3. The van der Waals surface area contributed by atoms with Crippen molar-refractivity contribution in [2.45, 2.75) is 25.3 Å². The first-order valence-electron chi connectivity index (χ1n) is 4.23. The number of hydrogen-bond acceptors (Lipinski definition) is 3. The van der Waals surface area contributed by atoms with E-state index in [0.29, 0.717) is 13.0 Å². The third kappa shape index (κ3) is 5.38. The van der Waals surface area contributed by atoms with Crippen LogP contribution in [-0.2, 0) is 9.53 Å². The summed E-state index contributed by atoms with van der Waals surface area (Å²) >= 11 is 0. The van der Waals surface area contributed by atoms with Gasteiger partial charge in [0.25, 0.3) is 0 Å². The number of rotatable bonds is 7. The van der Waals surface area contributed by atoms with Gasteiger partial charge in [-0.2, -0.15) is 0 Å². The molecule has 0 spiro atoms. The Morgan fingerprint density at radius 2 is 2.38 bits per heavy atom. The summed E-state index contributed by atoms with van der Waals surface area (Å²) in [6.45, 7) is 5.99. The summed E-state index contributed by atoms with van der Waals surface area (Å²) in [7, 11) is 0. The molecular weight excluding hydrogens is 170 g/mol. The summed E-state index contributed by atoms with van der Waals surface area (Å²) in [5, 5.41) is 8.58. The molecule has 0 fully saturated rings. The third-order valence-electron chi connectivity index (χ3n) is 1.83. The smallest absolute Gasteiger partial charge is 0.305 e. The van der Waals surface area contributed by atoms with Gasteiger partial charge in [0.2, 0.25) is 0 Å². The van der Waals surface area contributed by atoms with Crippen molar-refractivity contribution in [3.05, 3.63) is 12.7 Å². The number of nitrogens with two attached hydrogens (primary N) is 1. The molecule has 0 aromatic rings. The van der Waals surface area contributed by atoms with Gasteiger partial charge in [-0.1, -0.05) is 13.0 Å². The minimum atomic E-state index is -0.897. The van der Waals surface area contributed by atoms with E-state index in [1.807, 2.05) is 6.92 Å². The van der Waals surface area contributed by atoms with Gasteiger partial charge >= 0.3 is 5.97 Å². The van der Waals surface area contributed by atoms with Gasteiger partial charge in [-0.05, 0) is 6.42 Å². The van der Waals surface area contributed by atoms with Crippen molar-refractivity contribution >= 4 is 5.97 Å². The molecule has 0 amide bonds. The van der Waals surface area contributed by atoms with E-state index in [4.69, 9.17) is 15.6 Å². The number of carboxylic acids is 1. The fourth-order valence-electron chi connectivity index (χ4n) is 0.925. The Bertz CT molecular complexity index is 182. The highest BCUT2D eigenvalue weighted by Gasteiger charge is 2.26. The molecule has 4 nitrogen and oxygen atoms in total. The van der Waals surface area contributed by atoms with E-state index in [1.165, 1.54) is 0 Å². The molecule has 1 atom stereocenters. The van der Waals surface area contributed by atoms with Crippen LogP contribution in [-0.4, -0.2) is 29.8 Å². The molecule has 4 heteroatoms. The quantitative estimate of drug-likeness (QED) is 0.456. The fraction of sp³-hybridized carbons (Fsp3) is 0.667. The van der Waals surface area contributed by atoms with Gasteiger partial charge in [-0.3, -0.25) is 4.79 Å². The van der Waals surface area contributed by atoms with Crippen LogP contribution < -0.4 is 5.73 Å². The lowest BCUT2D eigenvalue weighted by Gasteiger charge is -2.25. The maximum absolute atomic E-state index is 10.5. The molecule has 0 bridgehead atoms. The van der Waals surface area contributed by atoms with Gasteiger partial charge in [0.15, 0.2) is 0 Å². The number of aliphatic carboxylic acids is 1. The van der Waals surface area contributed by atoms with E-state index in [2.05, 4.69) is 6.58 Å². The second kappa shape index (κ2) is 5.72. The lowest BCUT2D eigenvalue weighted by atomic mass is 9.94. The Hall–Kier alpha value is -0.870. The predicted octanol–water partition coefficient (Wildman–Crippen LogP) is 0.771. The normalized spacial score (nSPS) is 14.9. The molecule has 1 unspecified atom stereocenters. The van der Waals surface area contributed by atoms with Crippen LogP contribution in [0.4, 0.5) is 0 Å². The average molecular weight is 187 g/mol. The van der Waals surface area contributed by atoms with Crippen molar-refractivity contribution < 1.29 is 14.6 Å². The van der Waals surface area contributed by atoms with Gasteiger partial charge in [-0.15, -0.1) is 6.58 Å². The molecule has 0 saturated heterocycles. The molecule has 0 saturated carbocycles. The summed E-state index contributed by atoms with van der Waals surface area (Å²) in [5.74, 6) is -0.897. The first-order chi connectivity index (χ1) is 6.04. The van der Waals surface area contributed by atoms with E-state index < -0.39 is 11.5 Å². The zero-order chi connectivity index (χ0) is 10.3. The molecule has 0 aromatic heterocycles. The second-order valence-corrected chi connectivity index (χ2v) is 3.09. The van der Waals surface area contributed by atoms with Gasteiger partial charge in [0.05, 0.1) is 19.6 Å². The van der Waals surface area contributed by atoms with Crippen molar-refractivity contribution in [1.82, 2.24) is 0 Å².